The van der Waals surface area contributed by atoms with Gasteiger partial charge in [0.05, 0.1) is 0 Å². The number of nitrogens with two attached hydrogens (primary N) is 1. The summed E-state index contributed by atoms with van der Waals surface area (Å²) in [5.41, 5.74) is 6.91. The Hall–Kier alpha value is -0.610. The third-order valence-electron chi connectivity index (χ3n) is 2.59. The van der Waals surface area contributed by atoms with Crippen LogP contribution in [-0.2, 0) is 0 Å². The number of nitrogens with one attached hydrogen (secondary N) is 1. The lowest BCUT2D eigenvalue weighted by Crippen LogP contribution is -2.29. The van der Waals surface area contributed by atoms with Crippen molar-refractivity contribution in [1.29, 1.82) is 0 Å². The van der Waals surface area contributed by atoms with E-state index in [1.165, 1.54) is 18.4 Å². The van der Waals surface area contributed by atoms with Crippen molar-refractivity contribution < 1.29 is 0 Å². The van der Waals surface area contributed by atoms with E-state index >= 15 is 0 Å². The maximum absolute atomic E-state index is 5.73. The number of hydrogen-bond donors (Lipinski definition) is 2. The second-order valence-electron chi connectivity index (χ2n) is 4.04. The Kier molecular flexibility index (Phi) is 5.77. The van der Waals surface area contributed by atoms with Gasteiger partial charge in [-0.2, -0.15) is 0 Å². The van der Waals surface area contributed by atoms with Crippen LogP contribution >= 0.6 is 15.9 Å². The highest BCUT2D eigenvalue weighted by Crippen LogP contribution is 2.18. The average Bonchev–Trinajstić information content (AvgIpc) is 2.29. The summed E-state index contributed by atoms with van der Waals surface area (Å²) < 4.78 is 1.04. The fraction of sp³-hybridized carbons (Fsp3) is 0.583. The van der Waals surface area contributed by atoms with Crippen LogP contribution < -0.4 is 11.1 Å². The lowest BCUT2D eigenvalue weighted by Gasteiger charge is -2.17. The van der Waals surface area contributed by atoms with Gasteiger partial charge in [0.1, 0.15) is 5.82 Å². The number of halogens is 1. The number of pyridine rings is 1. The van der Waals surface area contributed by atoms with Gasteiger partial charge in [0.25, 0.3) is 0 Å². The molecule has 0 radical (unpaired) electrons. The highest BCUT2D eigenvalue weighted by atomic mass is 79.9. The van der Waals surface area contributed by atoms with Gasteiger partial charge in [-0.3, -0.25) is 0 Å². The minimum Gasteiger partial charge on any atom is -0.366 e. The molecule has 1 aromatic heterocycles. The summed E-state index contributed by atoms with van der Waals surface area (Å²) in [4.78, 5) is 4.32. The number of hydrogen-bond acceptors (Lipinski definition) is 3. The zero-order valence-corrected chi connectivity index (χ0v) is 11.5. The Balaban J connectivity index is 2.59. The summed E-state index contributed by atoms with van der Waals surface area (Å²) in [6.45, 7) is 4.90. The molecule has 0 aliphatic carbocycles. The Morgan fingerprint density at radius 2 is 2.31 bits per heavy atom. The summed E-state index contributed by atoms with van der Waals surface area (Å²) in [6.07, 6.45) is 5.32. The van der Waals surface area contributed by atoms with Crippen LogP contribution in [0.25, 0.3) is 0 Å². The highest BCUT2D eigenvalue weighted by molar-refractivity contribution is 9.10. The van der Waals surface area contributed by atoms with E-state index in [1.807, 2.05) is 12.3 Å². The summed E-state index contributed by atoms with van der Waals surface area (Å²) >= 11 is 3.44. The number of anilines is 1. The zero-order chi connectivity index (χ0) is 12.0. The molecule has 0 aliphatic rings. The average molecular weight is 286 g/mol. The summed E-state index contributed by atoms with van der Waals surface area (Å²) in [6, 6.07) is 2.37. The maximum atomic E-state index is 5.73. The standard InChI is InChI=1S/C12H20BrN3/c1-3-4-5-10(7-14)16-12-6-9(2)11(13)8-15-12/h6,8,10H,3-5,7,14H2,1-2H3,(H,15,16). The molecule has 4 heteroatoms. The molecule has 0 saturated heterocycles. The molecule has 3 N–H and O–H groups in total. The molecule has 0 fully saturated rings. The lowest BCUT2D eigenvalue weighted by molar-refractivity contribution is 0.612. The van der Waals surface area contributed by atoms with E-state index in [2.05, 4.69) is 40.1 Å². The van der Waals surface area contributed by atoms with Gasteiger partial charge in [-0.05, 0) is 40.9 Å². The van der Waals surface area contributed by atoms with E-state index in [0.717, 1.165) is 16.7 Å². The minimum atomic E-state index is 0.327. The van der Waals surface area contributed by atoms with Crippen molar-refractivity contribution in [2.45, 2.75) is 39.2 Å². The first-order chi connectivity index (χ1) is 7.67. The van der Waals surface area contributed by atoms with Gasteiger partial charge >= 0.3 is 0 Å². The quantitative estimate of drug-likeness (QED) is 0.845. The fourth-order valence-electron chi connectivity index (χ4n) is 1.53. The largest absolute Gasteiger partial charge is 0.366 e. The molecule has 0 aromatic carbocycles. The van der Waals surface area contributed by atoms with E-state index in [9.17, 15) is 0 Å². The molecule has 3 nitrogen and oxygen atoms in total. The Labute approximate surface area is 106 Å². The van der Waals surface area contributed by atoms with Crippen LogP contribution in [0.4, 0.5) is 5.82 Å². The van der Waals surface area contributed by atoms with Gasteiger partial charge in [0, 0.05) is 23.3 Å². The molecule has 16 heavy (non-hydrogen) atoms. The zero-order valence-electron chi connectivity index (χ0n) is 9.96. The van der Waals surface area contributed by atoms with Crippen molar-refractivity contribution >= 4 is 21.7 Å². The topological polar surface area (TPSA) is 50.9 Å². The van der Waals surface area contributed by atoms with Gasteiger partial charge in [-0.25, -0.2) is 4.98 Å². The molecule has 0 spiro atoms. The second kappa shape index (κ2) is 6.86. The van der Waals surface area contributed by atoms with E-state index < -0.39 is 0 Å². The number of aryl methyl sites for hydroxylation is 1. The number of nitrogens with zero attached hydrogens (tertiary/aromatic N) is 1. The van der Waals surface area contributed by atoms with Crippen molar-refractivity contribution in [3.63, 3.8) is 0 Å². The van der Waals surface area contributed by atoms with Crippen molar-refractivity contribution in [1.82, 2.24) is 4.98 Å². The SMILES string of the molecule is CCCCC(CN)Nc1cc(C)c(Br)cn1. The van der Waals surface area contributed by atoms with Crippen LogP contribution in [0, 0.1) is 6.92 Å². The molecule has 0 bridgehead atoms. The van der Waals surface area contributed by atoms with E-state index in [0.29, 0.717) is 12.6 Å². The van der Waals surface area contributed by atoms with E-state index in [1.54, 1.807) is 0 Å². The van der Waals surface area contributed by atoms with Crippen molar-refractivity contribution in [2.24, 2.45) is 5.73 Å². The summed E-state index contributed by atoms with van der Waals surface area (Å²) in [7, 11) is 0. The van der Waals surface area contributed by atoms with Gasteiger partial charge in [0.2, 0.25) is 0 Å². The Morgan fingerprint density at radius 1 is 1.56 bits per heavy atom. The van der Waals surface area contributed by atoms with Crippen LogP contribution in [-0.4, -0.2) is 17.6 Å². The maximum Gasteiger partial charge on any atom is 0.126 e. The first kappa shape index (κ1) is 13.5. The lowest BCUT2D eigenvalue weighted by atomic mass is 10.1. The predicted molar refractivity (Wildman–Crippen MR) is 72.7 cm³/mol. The monoisotopic (exact) mass is 285 g/mol. The van der Waals surface area contributed by atoms with Crippen LogP contribution in [0.1, 0.15) is 31.7 Å². The summed E-state index contributed by atoms with van der Waals surface area (Å²) in [5, 5.41) is 3.37. The minimum absolute atomic E-state index is 0.327. The molecule has 90 valence electrons. The normalized spacial score (nSPS) is 12.5. The van der Waals surface area contributed by atoms with Gasteiger partial charge in [-0.15, -0.1) is 0 Å². The van der Waals surface area contributed by atoms with Crippen molar-refractivity contribution in [3.8, 4) is 0 Å². The number of aromatic nitrogens is 1. The second-order valence-corrected chi connectivity index (χ2v) is 4.89. The molecule has 0 amide bonds. The molecule has 1 heterocycles. The van der Waals surface area contributed by atoms with Crippen molar-refractivity contribution in [2.75, 3.05) is 11.9 Å². The van der Waals surface area contributed by atoms with Crippen molar-refractivity contribution in [3.05, 3.63) is 22.3 Å². The fourth-order valence-corrected chi connectivity index (χ4v) is 1.74. The molecule has 1 rings (SSSR count). The number of rotatable bonds is 6. The Bertz CT molecular complexity index is 328. The molecule has 1 atom stereocenters. The van der Waals surface area contributed by atoms with Crippen LogP contribution in [0.15, 0.2) is 16.7 Å². The van der Waals surface area contributed by atoms with Crippen LogP contribution in [0.5, 0.6) is 0 Å². The van der Waals surface area contributed by atoms with Crippen LogP contribution in [0.3, 0.4) is 0 Å². The molecule has 0 aliphatic heterocycles. The smallest absolute Gasteiger partial charge is 0.126 e. The number of unbranched alkanes of at least 4 members (excludes halogenated alkanes) is 1. The van der Waals surface area contributed by atoms with Gasteiger partial charge in [-0.1, -0.05) is 19.8 Å². The van der Waals surface area contributed by atoms with E-state index in [4.69, 9.17) is 5.73 Å². The third kappa shape index (κ3) is 4.10. The molecule has 1 unspecified atom stereocenters. The molecular weight excluding hydrogens is 266 g/mol. The first-order valence-electron chi connectivity index (χ1n) is 5.76. The molecule has 1 aromatic rings. The molecular formula is C12H20BrN3. The van der Waals surface area contributed by atoms with E-state index in [-0.39, 0.29) is 0 Å². The highest BCUT2D eigenvalue weighted by Gasteiger charge is 2.07. The first-order valence-corrected chi connectivity index (χ1v) is 6.55. The van der Waals surface area contributed by atoms with Gasteiger partial charge < -0.3 is 11.1 Å². The summed E-state index contributed by atoms with van der Waals surface area (Å²) in [5.74, 6) is 0.909. The predicted octanol–water partition coefficient (Wildman–Crippen LogP) is 3.08. The molecule has 0 saturated carbocycles. The van der Waals surface area contributed by atoms with Crippen LogP contribution in [0.2, 0.25) is 0 Å². The van der Waals surface area contributed by atoms with Gasteiger partial charge in [0.15, 0.2) is 0 Å². The third-order valence-corrected chi connectivity index (χ3v) is 3.42. The Morgan fingerprint density at radius 3 is 2.88 bits per heavy atom.